The monoisotopic (exact) mass is 569 g/mol. The number of amides is 2. The van der Waals surface area contributed by atoms with Gasteiger partial charge in [-0.2, -0.15) is 0 Å². The number of pyridine rings is 1. The maximum absolute atomic E-state index is 12.9. The number of carbonyl (C=O) groups excluding carboxylic acids is 2. The molecule has 8 heteroatoms. The van der Waals surface area contributed by atoms with Crippen LogP contribution in [-0.2, 0) is 17.6 Å². The van der Waals surface area contributed by atoms with Crippen molar-refractivity contribution in [3.63, 3.8) is 0 Å². The Morgan fingerprint density at radius 2 is 1.71 bits per heavy atom. The van der Waals surface area contributed by atoms with Crippen molar-refractivity contribution in [2.24, 2.45) is 0 Å². The molecule has 41 heavy (non-hydrogen) atoms. The average molecular weight is 570 g/mol. The lowest BCUT2D eigenvalue weighted by Crippen LogP contribution is -2.37. The zero-order valence-electron chi connectivity index (χ0n) is 23.6. The summed E-state index contributed by atoms with van der Waals surface area (Å²) in [5, 5.41) is 14.4. The molecule has 0 atom stereocenters. The molecule has 212 valence electrons. The van der Waals surface area contributed by atoms with E-state index < -0.39 is 0 Å². The SMILES string of the molecule is Cc1cccc(Nc2ccccc2C(=O)NCC(=O)NCCCNc2c3c(nc4cc(Cl)ccc24)CCCC3)c1C. The Bertz CT molecular complexity index is 1590. The van der Waals surface area contributed by atoms with Gasteiger partial charge >= 0.3 is 0 Å². The highest BCUT2D eigenvalue weighted by Gasteiger charge is 2.18. The van der Waals surface area contributed by atoms with Crippen molar-refractivity contribution in [2.75, 3.05) is 30.3 Å². The fraction of sp³-hybridized carbons (Fsp3) is 0.303. The third-order valence-corrected chi connectivity index (χ3v) is 7.89. The summed E-state index contributed by atoms with van der Waals surface area (Å²) in [6.07, 6.45) is 5.07. The van der Waals surface area contributed by atoms with Crippen molar-refractivity contribution in [3.05, 3.63) is 93.6 Å². The third kappa shape index (κ3) is 6.80. The lowest BCUT2D eigenvalue weighted by molar-refractivity contribution is -0.120. The first kappa shape index (κ1) is 28.4. The van der Waals surface area contributed by atoms with Crippen LogP contribution in [0.5, 0.6) is 0 Å². The van der Waals surface area contributed by atoms with Crippen molar-refractivity contribution in [2.45, 2.75) is 46.0 Å². The Morgan fingerprint density at radius 1 is 0.902 bits per heavy atom. The summed E-state index contributed by atoms with van der Waals surface area (Å²) < 4.78 is 0. The predicted octanol–water partition coefficient (Wildman–Crippen LogP) is 6.48. The molecule has 0 fully saturated rings. The number of halogens is 1. The lowest BCUT2D eigenvalue weighted by atomic mass is 9.92. The molecule has 4 aromatic rings. The van der Waals surface area contributed by atoms with E-state index in [1.807, 2.05) is 55.5 Å². The van der Waals surface area contributed by atoms with Crippen molar-refractivity contribution in [1.82, 2.24) is 15.6 Å². The maximum atomic E-state index is 12.9. The molecule has 4 N–H and O–H groups in total. The number of nitrogens with one attached hydrogen (secondary N) is 4. The molecule has 2 amide bonds. The van der Waals surface area contributed by atoms with Crippen molar-refractivity contribution in [1.29, 1.82) is 0 Å². The van der Waals surface area contributed by atoms with Gasteiger partial charge in [0.2, 0.25) is 5.91 Å². The van der Waals surface area contributed by atoms with Gasteiger partial charge in [0.25, 0.3) is 5.91 Å². The van der Waals surface area contributed by atoms with Crippen LogP contribution in [-0.4, -0.2) is 36.4 Å². The van der Waals surface area contributed by atoms with Gasteiger partial charge in [0.05, 0.1) is 23.3 Å². The van der Waals surface area contributed by atoms with Gasteiger partial charge in [0.1, 0.15) is 0 Å². The fourth-order valence-electron chi connectivity index (χ4n) is 5.27. The number of rotatable bonds is 10. The molecule has 7 nitrogen and oxygen atoms in total. The first-order chi connectivity index (χ1) is 19.9. The van der Waals surface area contributed by atoms with Gasteiger partial charge in [-0.05, 0) is 99.0 Å². The minimum atomic E-state index is -0.301. The maximum Gasteiger partial charge on any atom is 0.253 e. The van der Waals surface area contributed by atoms with Gasteiger partial charge in [0, 0.05) is 40.6 Å². The number of nitrogens with zero attached hydrogens (tertiary/aromatic N) is 1. The van der Waals surface area contributed by atoms with Crippen LogP contribution >= 0.6 is 11.6 Å². The summed E-state index contributed by atoms with van der Waals surface area (Å²) in [4.78, 5) is 30.3. The Balaban J connectivity index is 1.11. The molecule has 1 aliphatic carbocycles. The largest absolute Gasteiger partial charge is 0.384 e. The van der Waals surface area contributed by atoms with E-state index in [2.05, 4.69) is 34.3 Å². The standard InChI is InChI=1S/C33H36ClN5O2/c1-21-9-7-14-27(22(21)2)38-29-13-6-4-11-26(29)33(41)37-20-31(40)35-17-8-18-36-32-24-10-3-5-12-28(24)39-30-19-23(34)15-16-25(30)32/h4,6-7,9,11,13-16,19,38H,3,5,8,10,12,17-18,20H2,1-2H3,(H,35,40)(H,36,39)(H,37,41). The summed E-state index contributed by atoms with van der Waals surface area (Å²) in [6, 6.07) is 19.2. The molecule has 0 unspecified atom stereocenters. The smallest absolute Gasteiger partial charge is 0.253 e. The molecule has 0 bridgehead atoms. The van der Waals surface area contributed by atoms with Crippen molar-refractivity contribution < 1.29 is 9.59 Å². The predicted molar refractivity (Wildman–Crippen MR) is 167 cm³/mol. The van der Waals surface area contributed by atoms with Crippen LogP contribution in [0.15, 0.2) is 60.7 Å². The van der Waals surface area contributed by atoms with Crippen LogP contribution in [0, 0.1) is 13.8 Å². The first-order valence-corrected chi connectivity index (χ1v) is 14.6. The third-order valence-electron chi connectivity index (χ3n) is 7.66. The molecule has 1 aromatic heterocycles. The number of aromatic nitrogens is 1. The quantitative estimate of drug-likeness (QED) is 0.164. The fourth-order valence-corrected chi connectivity index (χ4v) is 5.44. The Hall–Kier alpha value is -4.10. The number of hydrogen-bond acceptors (Lipinski definition) is 5. The Kier molecular flexibility index (Phi) is 9.04. The van der Waals surface area contributed by atoms with E-state index in [9.17, 15) is 9.59 Å². The van der Waals surface area contributed by atoms with Crippen molar-refractivity contribution in [3.8, 4) is 0 Å². The van der Waals surface area contributed by atoms with Gasteiger partial charge < -0.3 is 21.3 Å². The van der Waals surface area contributed by atoms with Gasteiger partial charge in [-0.3, -0.25) is 14.6 Å². The number of benzene rings is 3. The van der Waals surface area contributed by atoms with Crippen LogP contribution in [0.4, 0.5) is 17.1 Å². The van der Waals surface area contributed by atoms with Gasteiger partial charge in [-0.25, -0.2) is 0 Å². The molecule has 0 aliphatic heterocycles. The van der Waals surface area contributed by atoms with E-state index >= 15 is 0 Å². The number of anilines is 3. The highest BCUT2D eigenvalue weighted by Crippen LogP contribution is 2.34. The van der Waals surface area contributed by atoms with Gasteiger partial charge in [0.15, 0.2) is 0 Å². The molecule has 0 spiro atoms. The van der Waals surface area contributed by atoms with Crippen LogP contribution in [0.2, 0.25) is 5.02 Å². The molecule has 3 aromatic carbocycles. The Labute approximate surface area is 246 Å². The van der Waals surface area contributed by atoms with Gasteiger partial charge in [-0.1, -0.05) is 35.9 Å². The highest BCUT2D eigenvalue weighted by atomic mass is 35.5. The van der Waals surface area contributed by atoms with Crippen LogP contribution in [0.25, 0.3) is 10.9 Å². The number of fused-ring (bicyclic) bond motifs is 2. The highest BCUT2D eigenvalue weighted by molar-refractivity contribution is 6.31. The van der Waals surface area contributed by atoms with Crippen LogP contribution < -0.4 is 21.3 Å². The second-order valence-electron chi connectivity index (χ2n) is 10.5. The second-order valence-corrected chi connectivity index (χ2v) is 10.9. The summed E-state index contributed by atoms with van der Waals surface area (Å²) in [7, 11) is 0. The lowest BCUT2D eigenvalue weighted by Gasteiger charge is -2.22. The number of hydrogen-bond donors (Lipinski definition) is 4. The molecule has 0 radical (unpaired) electrons. The van der Waals surface area contributed by atoms with E-state index in [0.717, 1.165) is 65.6 Å². The first-order valence-electron chi connectivity index (χ1n) is 14.2. The van der Waals surface area contributed by atoms with Crippen LogP contribution in [0.3, 0.4) is 0 Å². The summed E-state index contributed by atoms with van der Waals surface area (Å²) in [5.41, 5.74) is 8.91. The van der Waals surface area contributed by atoms with Gasteiger partial charge in [-0.15, -0.1) is 0 Å². The number of para-hydroxylation sites is 1. The molecular formula is C33H36ClN5O2. The Morgan fingerprint density at radius 3 is 2.59 bits per heavy atom. The van der Waals surface area contributed by atoms with E-state index in [1.165, 1.54) is 11.1 Å². The zero-order chi connectivity index (χ0) is 28.8. The minimum Gasteiger partial charge on any atom is -0.384 e. The van der Waals surface area contributed by atoms with Crippen molar-refractivity contribution >= 4 is 51.4 Å². The average Bonchev–Trinajstić information content (AvgIpc) is 2.97. The normalized spacial score (nSPS) is 12.5. The minimum absolute atomic E-state index is 0.0900. The number of aryl methyl sites for hydroxylation is 2. The zero-order valence-corrected chi connectivity index (χ0v) is 24.3. The van der Waals surface area contributed by atoms with E-state index in [1.54, 1.807) is 6.07 Å². The van der Waals surface area contributed by atoms with E-state index in [-0.39, 0.29) is 18.4 Å². The topological polar surface area (TPSA) is 95.2 Å². The molecule has 1 aliphatic rings. The summed E-state index contributed by atoms with van der Waals surface area (Å²) >= 11 is 6.23. The van der Waals surface area contributed by atoms with E-state index in [4.69, 9.17) is 16.6 Å². The molecule has 0 saturated carbocycles. The molecule has 0 saturated heterocycles. The molecular weight excluding hydrogens is 534 g/mol. The second kappa shape index (κ2) is 13.0. The molecule has 1 heterocycles. The summed E-state index contributed by atoms with van der Waals surface area (Å²) in [6.45, 7) is 5.22. The van der Waals surface area contributed by atoms with E-state index in [0.29, 0.717) is 29.4 Å². The summed E-state index contributed by atoms with van der Waals surface area (Å²) in [5.74, 6) is -0.524. The number of carbonyl (C=O) groups is 2. The van der Waals surface area contributed by atoms with Crippen LogP contribution in [0.1, 0.15) is 52.0 Å². The molecule has 5 rings (SSSR count).